The minimum Gasteiger partial charge on any atom is -0.383 e. The van der Waals surface area contributed by atoms with E-state index in [-0.39, 0.29) is 0 Å². The van der Waals surface area contributed by atoms with Crippen molar-refractivity contribution in [1.82, 2.24) is 4.98 Å². The topological polar surface area (TPSA) is 62.7 Å². The highest BCUT2D eigenvalue weighted by molar-refractivity contribution is 5.83. The van der Waals surface area contributed by atoms with Gasteiger partial charge in [0.2, 0.25) is 0 Å². The molecule has 0 aliphatic heterocycles. The smallest absolute Gasteiger partial charge is 0.142 e. The normalized spacial score (nSPS) is 10.6. The quantitative estimate of drug-likeness (QED) is 0.788. The summed E-state index contributed by atoms with van der Waals surface area (Å²) in [6.45, 7) is 4.27. The van der Waals surface area contributed by atoms with Gasteiger partial charge in [0.15, 0.2) is 0 Å². The molecule has 3 nitrogen and oxygen atoms in total. The molecule has 1 aromatic carbocycles. The Morgan fingerprint density at radius 3 is 2.69 bits per heavy atom. The molecule has 0 atom stereocenters. The molecule has 0 unspecified atom stereocenters. The zero-order valence-corrected chi connectivity index (χ0v) is 9.36. The predicted octanol–water partition coefficient (Wildman–Crippen LogP) is 2.81. The Morgan fingerprint density at radius 2 is 2.06 bits per heavy atom. The summed E-state index contributed by atoms with van der Waals surface area (Å²) in [4.78, 5) is 4.20. The van der Waals surface area contributed by atoms with Crippen LogP contribution in [-0.2, 0) is 0 Å². The van der Waals surface area contributed by atoms with Crippen LogP contribution in [0.1, 0.15) is 30.9 Å². The van der Waals surface area contributed by atoms with E-state index in [1.165, 1.54) is 5.56 Å². The number of fused-ring (bicyclic) bond motifs is 1. The molecule has 2 N–H and O–H groups in total. The van der Waals surface area contributed by atoms with E-state index in [0.717, 1.165) is 10.9 Å². The Morgan fingerprint density at radius 1 is 1.31 bits per heavy atom. The lowest BCUT2D eigenvalue weighted by atomic mass is 10.0. The van der Waals surface area contributed by atoms with Gasteiger partial charge in [-0.3, -0.25) is 0 Å². The number of pyridine rings is 1. The van der Waals surface area contributed by atoms with Gasteiger partial charge in [0.05, 0.1) is 11.1 Å². The van der Waals surface area contributed by atoms with Crippen molar-refractivity contribution < 1.29 is 0 Å². The van der Waals surface area contributed by atoms with Crippen LogP contribution in [0.25, 0.3) is 10.9 Å². The van der Waals surface area contributed by atoms with E-state index in [0.29, 0.717) is 17.3 Å². The van der Waals surface area contributed by atoms with E-state index in [1.807, 2.05) is 18.2 Å². The Bertz CT molecular complexity index is 579. The molecule has 2 aromatic rings. The molecular formula is C13H13N3. The zero-order valence-electron chi connectivity index (χ0n) is 9.36. The summed E-state index contributed by atoms with van der Waals surface area (Å²) in [5.74, 6) is 0.764. The standard InChI is InChI=1S/C13H13N3/c1-8(2)9-3-4-12-10(5-9)6-11(7-14)13(15)16-12/h3-6,8H,1-2H3,(H2,15,16). The van der Waals surface area contributed by atoms with E-state index >= 15 is 0 Å². The average molecular weight is 211 g/mol. The third-order valence-electron chi connectivity index (χ3n) is 2.66. The largest absolute Gasteiger partial charge is 0.383 e. The maximum Gasteiger partial charge on any atom is 0.142 e. The summed E-state index contributed by atoms with van der Waals surface area (Å²) in [6, 6.07) is 9.90. The third kappa shape index (κ3) is 1.70. The van der Waals surface area contributed by atoms with Crippen LogP contribution in [0.3, 0.4) is 0 Å². The molecule has 0 fully saturated rings. The molecular weight excluding hydrogens is 198 g/mol. The number of nitrogens with two attached hydrogens (primary N) is 1. The molecule has 0 bridgehead atoms. The first-order valence-corrected chi connectivity index (χ1v) is 5.22. The number of hydrogen-bond acceptors (Lipinski definition) is 3. The van der Waals surface area contributed by atoms with E-state index in [1.54, 1.807) is 6.07 Å². The van der Waals surface area contributed by atoms with Crippen molar-refractivity contribution in [3.05, 3.63) is 35.4 Å². The van der Waals surface area contributed by atoms with Crippen molar-refractivity contribution in [2.45, 2.75) is 19.8 Å². The van der Waals surface area contributed by atoms with Crippen LogP contribution in [0, 0.1) is 11.3 Å². The van der Waals surface area contributed by atoms with Crippen molar-refractivity contribution in [3.8, 4) is 6.07 Å². The molecule has 0 aliphatic rings. The van der Waals surface area contributed by atoms with Gasteiger partial charge in [-0.2, -0.15) is 5.26 Å². The average Bonchev–Trinajstić information content (AvgIpc) is 2.27. The highest BCUT2D eigenvalue weighted by Gasteiger charge is 2.05. The van der Waals surface area contributed by atoms with Gasteiger partial charge in [-0.25, -0.2) is 4.98 Å². The molecule has 0 radical (unpaired) electrons. The minimum atomic E-state index is 0.298. The summed E-state index contributed by atoms with van der Waals surface area (Å²) in [5.41, 5.74) is 8.17. The summed E-state index contributed by atoms with van der Waals surface area (Å²) in [5, 5.41) is 9.86. The van der Waals surface area contributed by atoms with Crippen molar-refractivity contribution in [3.63, 3.8) is 0 Å². The summed E-state index contributed by atoms with van der Waals surface area (Å²) >= 11 is 0. The molecule has 0 saturated heterocycles. The van der Waals surface area contributed by atoms with Crippen LogP contribution < -0.4 is 5.73 Å². The second-order valence-electron chi connectivity index (χ2n) is 4.14. The summed E-state index contributed by atoms with van der Waals surface area (Å²) < 4.78 is 0. The van der Waals surface area contributed by atoms with Gasteiger partial charge in [-0.1, -0.05) is 19.9 Å². The van der Waals surface area contributed by atoms with Crippen LogP contribution in [0.4, 0.5) is 5.82 Å². The maximum atomic E-state index is 8.89. The van der Waals surface area contributed by atoms with Gasteiger partial charge in [-0.05, 0) is 29.7 Å². The lowest BCUT2D eigenvalue weighted by molar-refractivity contribution is 0.868. The van der Waals surface area contributed by atoms with Crippen molar-refractivity contribution in [1.29, 1.82) is 5.26 Å². The monoisotopic (exact) mass is 211 g/mol. The fraction of sp³-hybridized carbons (Fsp3) is 0.231. The lowest BCUT2D eigenvalue weighted by Gasteiger charge is -2.07. The van der Waals surface area contributed by atoms with Crippen molar-refractivity contribution >= 4 is 16.7 Å². The van der Waals surface area contributed by atoms with E-state index in [4.69, 9.17) is 11.0 Å². The molecule has 16 heavy (non-hydrogen) atoms. The first-order chi connectivity index (χ1) is 7.61. The number of benzene rings is 1. The number of nitrogen functional groups attached to an aromatic ring is 1. The number of anilines is 1. The Kier molecular flexibility index (Phi) is 2.49. The Hall–Kier alpha value is -2.08. The van der Waals surface area contributed by atoms with Gasteiger partial charge >= 0.3 is 0 Å². The van der Waals surface area contributed by atoms with Crippen LogP contribution in [0.5, 0.6) is 0 Å². The molecule has 0 aliphatic carbocycles. The molecule has 3 heteroatoms. The molecule has 80 valence electrons. The van der Waals surface area contributed by atoms with Gasteiger partial charge < -0.3 is 5.73 Å². The molecule has 1 aromatic heterocycles. The molecule has 0 amide bonds. The highest BCUT2D eigenvalue weighted by Crippen LogP contribution is 2.22. The van der Waals surface area contributed by atoms with Crippen LogP contribution in [0.15, 0.2) is 24.3 Å². The predicted molar refractivity (Wildman–Crippen MR) is 65.0 cm³/mol. The summed E-state index contributed by atoms with van der Waals surface area (Å²) in [7, 11) is 0. The Labute approximate surface area is 94.5 Å². The van der Waals surface area contributed by atoms with Crippen LogP contribution in [0.2, 0.25) is 0 Å². The van der Waals surface area contributed by atoms with Gasteiger partial charge in [0.25, 0.3) is 0 Å². The van der Waals surface area contributed by atoms with Crippen molar-refractivity contribution in [2.24, 2.45) is 0 Å². The van der Waals surface area contributed by atoms with Gasteiger partial charge in [0.1, 0.15) is 11.9 Å². The van der Waals surface area contributed by atoms with E-state index in [2.05, 4.69) is 24.9 Å². The molecule has 2 rings (SSSR count). The minimum absolute atomic E-state index is 0.298. The van der Waals surface area contributed by atoms with Gasteiger partial charge in [0, 0.05) is 5.39 Å². The fourth-order valence-corrected chi connectivity index (χ4v) is 1.66. The van der Waals surface area contributed by atoms with E-state index < -0.39 is 0 Å². The summed E-state index contributed by atoms with van der Waals surface area (Å²) in [6.07, 6.45) is 0. The van der Waals surface area contributed by atoms with Crippen molar-refractivity contribution in [2.75, 3.05) is 5.73 Å². The fourth-order valence-electron chi connectivity index (χ4n) is 1.66. The maximum absolute atomic E-state index is 8.89. The Balaban J connectivity index is 2.69. The third-order valence-corrected chi connectivity index (χ3v) is 2.66. The number of aromatic nitrogens is 1. The number of nitriles is 1. The number of hydrogen-bond donors (Lipinski definition) is 1. The molecule has 0 spiro atoms. The second kappa shape index (κ2) is 3.82. The molecule has 0 saturated carbocycles. The number of rotatable bonds is 1. The van der Waals surface area contributed by atoms with E-state index in [9.17, 15) is 0 Å². The highest BCUT2D eigenvalue weighted by atomic mass is 14.8. The SMILES string of the molecule is CC(C)c1ccc2nc(N)c(C#N)cc2c1. The first kappa shape index (κ1) is 10.4. The lowest BCUT2D eigenvalue weighted by Crippen LogP contribution is -1.96. The number of nitrogens with zero attached hydrogens (tertiary/aromatic N) is 2. The van der Waals surface area contributed by atoms with Crippen LogP contribution in [-0.4, -0.2) is 4.98 Å². The second-order valence-corrected chi connectivity index (χ2v) is 4.14. The zero-order chi connectivity index (χ0) is 11.7. The van der Waals surface area contributed by atoms with Crippen LogP contribution >= 0.6 is 0 Å². The van der Waals surface area contributed by atoms with Gasteiger partial charge in [-0.15, -0.1) is 0 Å². The first-order valence-electron chi connectivity index (χ1n) is 5.22. The molecule has 1 heterocycles.